The van der Waals surface area contributed by atoms with Gasteiger partial charge in [-0.2, -0.15) is 0 Å². The van der Waals surface area contributed by atoms with E-state index in [0.29, 0.717) is 12.6 Å². The summed E-state index contributed by atoms with van der Waals surface area (Å²) < 4.78 is 52.8. The summed E-state index contributed by atoms with van der Waals surface area (Å²) in [5, 5.41) is 0. The van der Waals surface area contributed by atoms with Crippen molar-refractivity contribution in [2.45, 2.75) is 11.3 Å². The Balaban J connectivity index is 2.23. The zero-order valence-electron chi connectivity index (χ0n) is 12.0. The maximum absolute atomic E-state index is 13.8. The first-order chi connectivity index (χ1) is 9.71. The van der Waals surface area contributed by atoms with E-state index in [1.807, 2.05) is 7.05 Å². The van der Waals surface area contributed by atoms with Crippen molar-refractivity contribution in [1.82, 2.24) is 9.21 Å². The lowest BCUT2D eigenvalue weighted by Crippen LogP contribution is -2.33. The summed E-state index contributed by atoms with van der Waals surface area (Å²) in [6, 6.07) is 1.33. The molecule has 5 nitrogen and oxygen atoms in total. The number of nitrogens with two attached hydrogens (primary N) is 1. The number of halogens is 2. The van der Waals surface area contributed by atoms with E-state index < -0.39 is 26.6 Å². The third-order valence-electron chi connectivity index (χ3n) is 3.74. The van der Waals surface area contributed by atoms with Crippen molar-refractivity contribution in [3.8, 4) is 0 Å². The molecule has 1 aromatic carbocycles. The number of likely N-dealkylation sites (tertiary alicyclic amines) is 1. The van der Waals surface area contributed by atoms with Crippen molar-refractivity contribution >= 4 is 15.7 Å². The van der Waals surface area contributed by atoms with E-state index in [9.17, 15) is 17.2 Å². The maximum Gasteiger partial charge on any atom is 0.245 e. The number of hydrogen-bond acceptors (Lipinski definition) is 4. The Morgan fingerprint density at radius 1 is 1.38 bits per heavy atom. The highest BCUT2D eigenvalue weighted by Crippen LogP contribution is 2.25. The molecule has 0 radical (unpaired) electrons. The summed E-state index contributed by atoms with van der Waals surface area (Å²) in [6.07, 6.45) is 0.893. The molecule has 1 saturated heterocycles. The largest absolute Gasteiger partial charge is 0.396 e. The molecule has 1 heterocycles. The molecule has 8 heteroatoms. The highest BCUT2D eigenvalue weighted by Gasteiger charge is 2.29. The Labute approximate surface area is 123 Å². The van der Waals surface area contributed by atoms with Crippen molar-refractivity contribution in [2.24, 2.45) is 5.92 Å². The van der Waals surface area contributed by atoms with Gasteiger partial charge in [-0.05, 0) is 32.0 Å². The van der Waals surface area contributed by atoms with Gasteiger partial charge in [0.25, 0.3) is 0 Å². The molecule has 0 aliphatic carbocycles. The number of anilines is 1. The van der Waals surface area contributed by atoms with Crippen molar-refractivity contribution < 1.29 is 17.2 Å². The quantitative estimate of drug-likeness (QED) is 0.845. The Morgan fingerprint density at radius 2 is 2.05 bits per heavy atom. The van der Waals surface area contributed by atoms with Gasteiger partial charge in [0.1, 0.15) is 16.5 Å². The molecule has 0 bridgehead atoms. The first-order valence-electron chi connectivity index (χ1n) is 6.61. The molecular formula is C13H19F2N3O2S. The molecule has 118 valence electrons. The van der Waals surface area contributed by atoms with Crippen LogP contribution in [0.25, 0.3) is 0 Å². The fourth-order valence-corrected chi connectivity index (χ4v) is 3.87. The average Bonchev–Trinajstić information content (AvgIpc) is 2.79. The predicted octanol–water partition coefficient (Wildman–Crippen LogP) is 1.12. The number of sulfonamides is 1. The van der Waals surface area contributed by atoms with Crippen LogP contribution in [0.4, 0.5) is 14.5 Å². The molecule has 1 atom stereocenters. The van der Waals surface area contributed by atoms with Crippen molar-refractivity contribution in [2.75, 3.05) is 39.5 Å². The normalized spacial score (nSPS) is 20.3. The number of hydrogen-bond donors (Lipinski definition) is 1. The monoisotopic (exact) mass is 319 g/mol. The first kappa shape index (κ1) is 16.1. The number of nitrogens with zero attached hydrogens (tertiary/aromatic N) is 2. The lowest BCUT2D eigenvalue weighted by Gasteiger charge is -2.21. The van der Waals surface area contributed by atoms with E-state index in [0.717, 1.165) is 29.9 Å². The van der Waals surface area contributed by atoms with Gasteiger partial charge in [-0.1, -0.05) is 0 Å². The average molecular weight is 319 g/mol. The third-order valence-corrected chi connectivity index (χ3v) is 5.58. The molecular weight excluding hydrogens is 300 g/mol. The van der Waals surface area contributed by atoms with Crippen LogP contribution < -0.4 is 5.73 Å². The lowest BCUT2D eigenvalue weighted by molar-refractivity contribution is 0.356. The minimum absolute atomic E-state index is 0.204. The van der Waals surface area contributed by atoms with E-state index in [-0.39, 0.29) is 11.6 Å². The Morgan fingerprint density at radius 3 is 2.62 bits per heavy atom. The third kappa shape index (κ3) is 3.33. The molecule has 0 amide bonds. The maximum atomic E-state index is 13.8. The van der Waals surface area contributed by atoms with Crippen LogP contribution in [0.3, 0.4) is 0 Å². The highest BCUT2D eigenvalue weighted by atomic mass is 32.2. The van der Waals surface area contributed by atoms with Gasteiger partial charge < -0.3 is 10.6 Å². The molecule has 2 rings (SSSR count). The van der Waals surface area contributed by atoms with Crippen LogP contribution in [0.15, 0.2) is 17.0 Å². The Kier molecular flexibility index (Phi) is 4.50. The highest BCUT2D eigenvalue weighted by molar-refractivity contribution is 7.89. The Hall–Kier alpha value is -1.25. The van der Waals surface area contributed by atoms with Gasteiger partial charge in [0.15, 0.2) is 0 Å². The Bertz CT molecular complexity index is 637. The van der Waals surface area contributed by atoms with Gasteiger partial charge in [0, 0.05) is 26.2 Å². The number of benzene rings is 1. The van der Waals surface area contributed by atoms with Crippen LogP contribution in [0.5, 0.6) is 0 Å². The molecule has 1 fully saturated rings. The zero-order chi connectivity index (χ0) is 15.8. The molecule has 0 spiro atoms. The van der Waals surface area contributed by atoms with Crippen LogP contribution in [-0.4, -0.2) is 51.4 Å². The summed E-state index contributed by atoms with van der Waals surface area (Å²) in [5.41, 5.74) is 4.95. The van der Waals surface area contributed by atoms with Crippen molar-refractivity contribution in [3.63, 3.8) is 0 Å². The van der Waals surface area contributed by atoms with Gasteiger partial charge in [-0.15, -0.1) is 0 Å². The lowest BCUT2D eigenvalue weighted by atomic mass is 10.1. The van der Waals surface area contributed by atoms with E-state index in [4.69, 9.17) is 5.73 Å². The number of nitrogen functional groups attached to an aromatic ring is 1. The van der Waals surface area contributed by atoms with Gasteiger partial charge >= 0.3 is 0 Å². The second kappa shape index (κ2) is 5.86. The van der Waals surface area contributed by atoms with Crippen LogP contribution in [0.2, 0.25) is 0 Å². The SMILES string of the molecule is CN1CCC(CN(C)S(=O)(=O)c2cc(N)c(F)cc2F)C1. The van der Waals surface area contributed by atoms with Crippen molar-refractivity contribution in [1.29, 1.82) is 0 Å². The van der Waals surface area contributed by atoms with Crippen LogP contribution in [-0.2, 0) is 10.0 Å². The standard InChI is InChI=1S/C13H19F2N3O2S/c1-17-4-3-9(7-17)8-18(2)21(19,20)13-6-12(16)10(14)5-11(13)15/h5-6,9H,3-4,7-8,16H2,1-2H3. The molecule has 0 aromatic heterocycles. The predicted molar refractivity (Wildman–Crippen MR) is 76.2 cm³/mol. The van der Waals surface area contributed by atoms with Crippen LogP contribution >= 0.6 is 0 Å². The van der Waals surface area contributed by atoms with Crippen LogP contribution in [0, 0.1) is 17.6 Å². The molecule has 1 aromatic rings. The summed E-state index contributed by atoms with van der Waals surface area (Å²) >= 11 is 0. The minimum Gasteiger partial charge on any atom is -0.396 e. The molecule has 0 saturated carbocycles. The summed E-state index contributed by atoms with van der Waals surface area (Å²) in [4.78, 5) is 1.52. The smallest absolute Gasteiger partial charge is 0.245 e. The topological polar surface area (TPSA) is 66.6 Å². The number of rotatable bonds is 4. The minimum atomic E-state index is -4.02. The van der Waals surface area contributed by atoms with Gasteiger partial charge in [0.05, 0.1) is 5.69 Å². The van der Waals surface area contributed by atoms with Gasteiger partial charge in [-0.3, -0.25) is 0 Å². The second-order valence-electron chi connectivity index (χ2n) is 5.51. The fourth-order valence-electron chi connectivity index (χ4n) is 2.55. The van der Waals surface area contributed by atoms with E-state index in [1.165, 1.54) is 7.05 Å². The van der Waals surface area contributed by atoms with Gasteiger partial charge in [0.2, 0.25) is 10.0 Å². The molecule has 1 aliphatic heterocycles. The van der Waals surface area contributed by atoms with E-state index >= 15 is 0 Å². The zero-order valence-corrected chi connectivity index (χ0v) is 12.8. The summed E-state index contributed by atoms with van der Waals surface area (Å²) in [5.74, 6) is -1.89. The van der Waals surface area contributed by atoms with E-state index in [1.54, 1.807) is 0 Å². The molecule has 1 aliphatic rings. The van der Waals surface area contributed by atoms with Gasteiger partial charge in [-0.25, -0.2) is 21.5 Å². The van der Waals surface area contributed by atoms with E-state index in [2.05, 4.69) is 4.90 Å². The fraction of sp³-hybridized carbons (Fsp3) is 0.538. The first-order valence-corrected chi connectivity index (χ1v) is 8.05. The molecule has 1 unspecified atom stereocenters. The van der Waals surface area contributed by atoms with Crippen LogP contribution in [0.1, 0.15) is 6.42 Å². The molecule has 21 heavy (non-hydrogen) atoms. The summed E-state index contributed by atoms with van der Waals surface area (Å²) in [7, 11) is -0.658. The van der Waals surface area contributed by atoms with Crippen molar-refractivity contribution in [3.05, 3.63) is 23.8 Å². The molecule has 2 N–H and O–H groups in total. The summed E-state index contributed by atoms with van der Waals surface area (Å²) in [6.45, 7) is 2.01. The second-order valence-corrected chi connectivity index (χ2v) is 7.52.